The van der Waals surface area contributed by atoms with Crippen molar-refractivity contribution in [2.24, 2.45) is 0 Å². The van der Waals surface area contributed by atoms with E-state index in [1.165, 1.54) is 0 Å². The normalized spacial score (nSPS) is 19.8. The van der Waals surface area contributed by atoms with Crippen molar-refractivity contribution in [1.29, 1.82) is 5.41 Å². The number of unbranched alkanes of at least 4 members (excludes halogenated alkanes) is 3. The van der Waals surface area contributed by atoms with Crippen molar-refractivity contribution in [2.75, 3.05) is 19.6 Å². The lowest BCUT2D eigenvalue weighted by atomic mass is 9.86. The van der Waals surface area contributed by atoms with Gasteiger partial charge in [-0.25, -0.2) is 4.79 Å². The average Bonchev–Trinajstić information content (AvgIpc) is 2.95. The molecule has 2 aliphatic rings. The largest absolute Gasteiger partial charge is 0.342 e. The highest BCUT2D eigenvalue weighted by Crippen LogP contribution is 2.32. The van der Waals surface area contributed by atoms with Gasteiger partial charge in [0, 0.05) is 25.7 Å². The zero-order valence-electron chi connectivity index (χ0n) is 18.0. The fourth-order valence-corrected chi connectivity index (χ4v) is 4.25. The highest BCUT2D eigenvalue weighted by Gasteiger charge is 2.50. The van der Waals surface area contributed by atoms with Gasteiger partial charge in [0.1, 0.15) is 5.54 Å². The van der Waals surface area contributed by atoms with Crippen molar-refractivity contribution in [2.45, 2.75) is 96.6 Å². The third kappa shape index (κ3) is 5.17. The Hall–Kier alpha value is -1.79. The molecule has 3 N–H and O–H groups in total. The summed E-state index contributed by atoms with van der Waals surface area (Å²) in [6.45, 7) is 8.36. The SMILES string of the molecule is CCCCNC(=O)N1CCC(N2C(=N)NC(CCCC)(CCCC)C2=O)CC1. The fourth-order valence-electron chi connectivity index (χ4n) is 4.25. The van der Waals surface area contributed by atoms with Gasteiger partial charge in [-0.3, -0.25) is 15.1 Å². The van der Waals surface area contributed by atoms with Crippen LogP contribution in [0.3, 0.4) is 0 Å². The number of amides is 3. The van der Waals surface area contributed by atoms with Crippen LogP contribution in [0.15, 0.2) is 0 Å². The summed E-state index contributed by atoms with van der Waals surface area (Å²) in [5.41, 5.74) is -0.599. The Bertz CT molecular complexity index is 535. The highest BCUT2D eigenvalue weighted by molar-refractivity contribution is 6.08. The number of nitrogens with zero attached hydrogens (tertiary/aromatic N) is 2. The van der Waals surface area contributed by atoms with E-state index in [0.29, 0.717) is 19.6 Å². The first-order valence-corrected chi connectivity index (χ1v) is 11.2. The summed E-state index contributed by atoms with van der Waals surface area (Å²) in [6.07, 6.45) is 9.16. The molecule has 0 spiro atoms. The summed E-state index contributed by atoms with van der Waals surface area (Å²) >= 11 is 0. The fraction of sp³-hybridized carbons (Fsp3) is 0.857. The number of urea groups is 1. The smallest absolute Gasteiger partial charge is 0.317 e. The van der Waals surface area contributed by atoms with Crippen LogP contribution >= 0.6 is 0 Å². The van der Waals surface area contributed by atoms with E-state index in [1.54, 1.807) is 4.90 Å². The lowest BCUT2D eigenvalue weighted by molar-refractivity contribution is -0.133. The molecule has 3 amide bonds. The summed E-state index contributed by atoms with van der Waals surface area (Å²) in [6, 6.07) is 0.00501. The molecule has 0 bridgehead atoms. The van der Waals surface area contributed by atoms with Crippen molar-refractivity contribution < 1.29 is 9.59 Å². The van der Waals surface area contributed by atoms with E-state index in [-0.39, 0.29) is 23.9 Å². The molecule has 2 fully saturated rings. The first-order valence-electron chi connectivity index (χ1n) is 11.2. The Balaban J connectivity index is 1.97. The number of carbonyl (C=O) groups is 2. The van der Waals surface area contributed by atoms with Crippen molar-refractivity contribution >= 4 is 17.9 Å². The quantitative estimate of drug-likeness (QED) is 0.497. The molecule has 7 heteroatoms. The van der Waals surface area contributed by atoms with Crippen LogP contribution in [0.25, 0.3) is 0 Å². The molecule has 7 nitrogen and oxygen atoms in total. The minimum atomic E-state index is -0.599. The Labute approximate surface area is 170 Å². The minimum absolute atomic E-state index is 0.00640. The number of likely N-dealkylation sites (tertiary alicyclic amines) is 1. The summed E-state index contributed by atoms with van der Waals surface area (Å²) in [7, 11) is 0. The first-order chi connectivity index (χ1) is 13.5. The Kier molecular flexibility index (Phi) is 8.58. The van der Waals surface area contributed by atoms with Gasteiger partial charge < -0.3 is 15.5 Å². The lowest BCUT2D eigenvalue weighted by Gasteiger charge is -2.36. The van der Waals surface area contributed by atoms with Gasteiger partial charge in [-0.05, 0) is 32.1 Å². The molecule has 160 valence electrons. The molecule has 0 aliphatic carbocycles. The Morgan fingerprint density at radius 1 is 1.11 bits per heavy atom. The number of piperidine rings is 1. The van der Waals surface area contributed by atoms with E-state index in [0.717, 1.165) is 64.2 Å². The monoisotopic (exact) mass is 393 g/mol. The van der Waals surface area contributed by atoms with Crippen LogP contribution in [0.4, 0.5) is 4.79 Å². The van der Waals surface area contributed by atoms with Crippen LogP contribution in [0.1, 0.15) is 85.0 Å². The second kappa shape index (κ2) is 10.7. The molecular weight excluding hydrogens is 354 g/mol. The van der Waals surface area contributed by atoms with Gasteiger partial charge in [0.05, 0.1) is 0 Å². The maximum Gasteiger partial charge on any atom is 0.317 e. The lowest BCUT2D eigenvalue weighted by Crippen LogP contribution is -2.52. The average molecular weight is 394 g/mol. The first kappa shape index (κ1) is 22.5. The topological polar surface area (TPSA) is 88.5 Å². The number of rotatable bonds is 10. The summed E-state index contributed by atoms with van der Waals surface area (Å²) < 4.78 is 0. The highest BCUT2D eigenvalue weighted by atomic mass is 16.2. The Morgan fingerprint density at radius 3 is 2.21 bits per heavy atom. The van der Waals surface area contributed by atoms with Gasteiger partial charge in [-0.1, -0.05) is 52.9 Å². The molecular formula is C21H39N5O2. The molecule has 0 aromatic carbocycles. The standard InChI is InChI=1S/C21H39N5O2/c1-4-7-12-21(13-8-5-2)18(27)26(19(22)24-21)17-10-15-25(16-11-17)20(28)23-14-9-6-3/h17H,4-16H2,1-3H3,(H2,22,24)(H,23,28). The molecule has 2 aliphatic heterocycles. The van der Waals surface area contributed by atoms with E-state index in [1.807, 2.05) is 4.90 Å². The van der Waals surface area contributed by atoms with Gasteiger partial charge in [0.25, 0.3) is 5.91 Å². The van der Waals surface area contributed by atoms with E-state index in [2.05, 4.69) is 31.4 Å². The predicted octanol–water partition coefficient (Wildman–Crippen LogP) is 3.45. The number of carbonyl (C=O) groups excluding carboxylic acids is 2. The van der Waals surface area contributed by atoms with Gasteiger partial charge in [0.2, 0.25) is 0 Å². The van der Waals surface area contributed by atoms with Crippen molar-refractivity contribution in [3.8, 4) is 0 Å². The van der Waals surface area contributed by atoms with Gasteiger partial charge in [-0.2, -0.15) is 0 Å². The van der Waals surface area contributed by atoms with Crippen LogP contribution in [0.2, 0.25) is 0 Å². The zero-order valence-corrected chi connectivity index (χ0v) is 18.0. The molecule has 0 saturated carbocycles. The van der Waals surface area contributed by atoms with E-state index >= 15 is 0 Å². The second-order valence-electron chi connectivity index (χ2n) is 8.24. The second-order valence-corrected chi connectivity index (χ2v) is 8.24. The van der Waals surface area contributed by atoms with Crippen LogP contribution < -0.4 is 10.6 Å². The summed E-state index contributed by atoms with van der Waals surface area (Å²) in [4.78, 5) is 29.1. The summed E-state index contributed by atoms with van der Waals surface area (Å²) in [5.74, 6) is 0.327. The third-order valence-electron chi connectivity index (χ3n) is 6.06. The van der Waals surface area contributed by atoms with Crippen LogP contribution in [0, 0.1) is 5.41 Å². The van der Waals surface area contributed by atoms with Crippen LogP contribution in [-0.2, 0) is 4.79 Å². The van der Waals surface area contributed by atoms with Gasteiger partial charge in [0.15, 0.2) is 5.96 Å². The molecule has 2 rings (SSSR count). The predicted molar refractivity (Wildman–Crippen MR) is 112 cm³/mol. The molecule has 0 radical (unpaired) electrons. The molecule has 0 unspecified atom stereocenters. The van der Waals surface area contributed by atoms with E-state index in [4.69, 9.17) is 5.41 Å². The molecule has 0 atom stereocenters. The van der Waals surface area contributed by atoms with Crippen LogP contribution in [0.5, 0.6) is 0 Å². The van der Waals surface area contributed by atoms with E-state index in [9.17, 15) is 9.59 Å². The Morgan fingerprint density at radius 2 is 1.68 bits per heavy atom. The van der Waals surface area contributed by atoms with Crippen molar-refractivity contribution in [3.05, 3.63) is 0 Å². The van der Waals surface area contributed by atoms with Crippen molar-refractivity contribution in [3.63, 3.8) is 0 Å². The van der Waals surface area contributed by atoms with Gasteiger partial charge in [-0.15, -0.1) is 0 Å². The number of nitrogens with one attached hydrogen (secondary N) is 3. The number of hydrogen-bond acceptors (Lipinski definition) is 3. The van der Waals surface area contributed by atoms with Crippen molar-refractivity contribution in [1.82, 2.24) is 20.4 Å². The molecule has 2 saturated heterocycles. The third-order valence-corrected chi connectivity index (χ3v) is 6.06. The maximum atomic E-state index is 13.4. The van der Waals surface area contributed by atoms with Gasteiger partial charge >= 0.3 is 6.03 Å². The maximum absolute atomic E-state index is 13.4. The molecule has 0 aromatic heterocycles. The zero-order chi connectivity index (χ0) is 20.6. The number of hydrogen-bond donors (Lipinski definition) is 3. The van der Waals surface area contributed by atoms with Crippen LogP contribution in [-0.4, -0.2) is 58.9 Å². The summed E-state index contributed by atoms with van der Waals surface area (Å²) in [5, 5.41) is 14.7. The molecule has 2 heterocycles. The molecule has 28 heavy (non-hydrogen) atoms. The molecule has 0 aromatic rings. The van der Waals surface area contributed by atoms with E-state index < -0.39 is 5.54 Å². The minimum Gasteiger partial charge on any atom is -0.342 e. The number of guanidine groups is 1.